The summed E-state index contributed by atoms with van der Waals surface area (Å²) in [6.45, 7) is 6.62. The maximum absolute atomic E-state index is 13.6. The fourth-order valence-corrected chi connectivity index (χ4v) is 14.6. The third kappa shape index (κ3) is 5.77. The van der Waals surface area contributed by atoms with E-state index in [2.05, 4.69) is 13.8 Å². The third-order valence-corrected chi connectivity index (χ3v) is 17.2. The highest BCUT2D eigenvalue weighted by Crippen LogP contribution is 2.54. The van der Waals surface area contributed by atoms with Gasteiger partial charge in [-0.3, -0.25) is 4.79 Å². The second kappa shape index (κ2) is 12.1. The van der Waals surface area contributed by atoms with Crippen LogP contribution in [0, 0.1) is 5.92 Å². The standard InChI is InChI=1S/C23H46O5Si2/c1-7-20(3)30(21-14-10-8-11-15-21,22-16-12-9-13-17-22)28-23(24)19(2)18-29(25-4,26-5)27-6/h19-22H,7-18H2,1-6H3. The van der Waals surface area contributed by atoms with Crippen LogP contribution in [-0.4, -0.2) is 44.4 Å². The summed E-state index contributed by atoms with van der Waals surface area (Å²) in [5, 5.41) is 0. The van der Waals surface area contributed by atoms with Crippen LogP contribution in [0.15, 0.2) is 0 Å². The Morgan fingerprint density at radius 3 is 1.63 bits per heavy atom. The molecule has 2 rings (SSSR count). The molecular weight excluding hydrogens is 412 g/mol. The highest BCUT2D eigenvalue weighted by molar-refractivity contribution is 6.79. The molecule has 0 spiro atoms. The fraction of sp³-hybridized carbons (Fsp3) is 0.957. The molecule has 7 heteroatoms. The number of carbonyl (C=O) groups is 1. The van der Waals surface area contributed by atoms with Crippen molar-refractivity contribution in [1.82, 2.24) is 0 Å². The highest BCUT2D eigenvalue weighted by Gasteiger charge is 2.56. The average Bonchev–Trinajstić information content (AvgIpc) is 2.81. The van der Waals surface area contributed by atoms with Gasteiger partial charge in [0.25, 0.3) is 14.3 Å². The van der Waals surface area contributed by atoms with Crippen molar-refractivity contribution in [2.75, 3.05) is 21.3 Å². The molecule has 2 aliphatic carbocycles. The Morgan fingerprint density at radius 1 is 0.833 bits per heavy atom. The zero-order valence-corrected chi connectivity index (χ0v) is 22.3. The minimum Gasteiger partial charge on any atom is -0.518 e. The minimum atomic E-state index is -2.82. The quantitative estimate of drug-likeness (QED) is 0.333. The van der Waals surface area contributed by atoms with Crippen molar-refractivity contribution < 1.29 is 22.5 Å². The molecule has 176 valence electrons. The average molecular weight is 459 g/mol. The molecule has 0 amide bonds. The van der Waals surface area contributed by atoms with Gasteiger partial charge in [-0.25, -0.2) is 0 Å². The van der Waals surface area contributed by atoms with Crippen molar-refractivity contribution >= 4 is 23.1 Å². The molecule has 0 aromatic carbocycles. The van der Waals surface area contributed by atoms with Crippen LogP contribution < -0.4 is 0 Å². The van der Waals surface area contributed by atoms with Crippen molar-refractivity contribution in [3.63, 3.8) is 0 Å². The second-order valence-electron chi connectivity index (χ2n) is 9.65. The predicted octanol–water partition coefficient (Wildman–Crippen LogP) is 6.46. The van der Waals surface area contributed by atoms with Crippen molar-refractivity contribution in [1.29, 1.82) is 0 Å². The Balaban J connectivity index is 2.31. The number of hydrogen-bond donors (Lipinski definition) is 0. The highest BCUT2D eigenvalue weighted by atomic mass is 28.4. The van der Waals surface area contributed by atoms with Crippen LogP contribution in [0.25, 0.3) is 0 Å². The Labute approximate surface area is 187 Å². The first-order valence-corrected chi connectivity index (χ1v) is 16.3. The topological polar surface area (TPSA) is 54.0 Å². The fourth-order valence-electron chi connectivity index (χ4n) is 6.07. The van der Waals surface area contributed by atoms with Gasteiger partial charge >= 0.3 is 8.80 Å². The zero-order chi connectivity index (χ0) is 22.2. The number of rotatable bonds is 11. The van der Waals surface area contributed by atoms with Gasteiger partial charge in [0.1, 0.15) is 0 Å². The monoisotopic (exact) mass is 458 g/mol. The van der Waals surface area contributed by atoms with Crippen LogP contribution in [-0.2, 0) is 22.5 Å². The van der Waals surface area contributed by atoms with Crippen LogP contribution in [0.1, 0.15) is 91.4 Å². The maximum atomic E-state index is 13.6. The van der Waals surface area contributed by atoms with E-state index in [4.69, 9.17) is 17.7 Å². The van der Waals surface area contributed by atoms with Gasteiger partial charge in [-0.05, 0) is 42.3 Å². The molecule has 5 nitrogen and oxygen atoms in total. The van der Waals surface area contributed by atoms with Crippen LogP contribution in [0.5, 0.6) is 0 Å². The molecular formula is C23H46O5Si2. The smallest absolute Gasteiger partial charge is 0.501 e. The molecule has 2 atom stereocenters. The van der Waals surface area contributed by atoms with Gasteiger partial charge in [0, 0.05) is 27.4 Å². The Kier molecular flexibility index (Phi) is 10.5. The van der Waals surface area contributed by atoms with Gasteiger partial charge in [-0.2, -0.15) is 0 Å². The summed E-state index contributed by atoms with van der Waals surface area (Å²) in [5.41, 5.74) is 1.75. The SMILES string of the molecule is CCC(C)[Si](OC(=O)C(C)C[Si](OC)(OC)OC)(C1CCCCC1)C1CCCCC1. The summed E-state index contributed by atoms with van der Waals surface area (Å²) >= 11 is 0. The molecule has 0 heterocycles. The molecule has 0 radical (unpaired) electrons. The summed E-state index contributed by atoms with van der Waals surface area (Å²) in [5.74, 6) is -0.319. The van der Waals surface area contributed by atoms with Gasteiger partial charge in [-0.1, -0.05) is 65.7 Å². The second-order valence-corrected chi connectivity index (χ2v) is 17.2. The van der Waals surface area contributed by atoms with Crippen LogP contribution in [0.4, 0.5) is 0 Å². The summed E-state index contributed by atoms with van der Waals surface area (Å²) < 4.78 is 23.6. The van der Waals surface area contributed by atoms with Crippen molar-refractivity contribution in [2.24, 2.45) is 5.92 Å². The van der Waals surface area contributed by atoms with Gasteiger partial charge < -0.3 is 17.7 Å². The molecule has 2 saturated carbocycles. The molecule has 0 saturated heterocycles. The predicted molar refractivity (Wildman–Crippen MR) is 126 cm³/mol. The lowest BCUT2D eigenvalue weighted by Crippen LogP contribution is -2.55. The van der Waals surface area contributed by atoms with Crippen molar-refractivity contribution in [2.45, 2.75) is 114 Å². The summed E-state index contributed by atoms with van der Waals surface area (Å²) in [4.78, 5) is 13.6. The van der Waals surface area contributed by atoms with Gasteiger partial charge in [-0.15, -0.1) is 0 Å². The molecule has 0 bridgehead atoms. The van der Waals surface area contributed by atoms with Gasteiger partial charge in [0.15, 0.2) is 0 Å². The van der Waals surface area contributed by atoms with E-state index in [1.165, 1.54) is 64.2 Å². The van der Waals surface area contributed by atoms with E-state index in [1.807, 2.05) is 6.92 Å². The summed E-state index contributed by atoms with van der Waals surface area (Å²) in [6.07, 6.45) is 14.0. The van der Waals surface area contributed by atoms with E-state index in [1.54, 1.807) is 21.3 Å². The van der Waals surface area contributed by atoms with Crippen LogP contribution in [0.2, 0.25) is 22.7 Å². The van der Waals surface area contributed by atoms with Crippen LogP contribution in [0.3, 0.4) is 0 Å². The van der Waals surface area contributed by atoms with Gasteiger partial charge in [0.2, 0.25) is 0 Å². The largest absolute Gasteiger partial charge is 0.518 e. The number of carbonyl (C=O) groups excluding carboxylic acids is 1. The molecule has 0 N–H and O–H groups in total. The van der Waals surface area contributed by atoms with Gasteiger partial charge in [0.05, 0.1) is 5.92 Å². The van der Waals surface area contributed by atoms with E-state index in [0.29, 0.717) is 22.7 Å². The lowest BCUT2D eigenvalue weighted by molar-refractivity contribution is -0.139. The molecule has 0 aromatic rings. The maximum Gasteiger partial charge on any atom is 0.501 e. The molecule has 0 aliphatic heterocycles. The van der Waals surface area contributed by atoms with E-state index in [-0.39, 0.29) is 11.9 Å². The Morgan fingerprint density at radius 2 is 1.27 bits per heavy atom. The van der Waals surface area contributed by atoms with E-state index in [0.717, 1.165) is 6.42 Å². The van der Waals surface area contributed by atoms with E-state index in [9.17, 15) is 4.79 Å². The molecule has 30 heavy (non-hydrogen) atoms. The molecule has 2 aliphatic rings. The van der Waals surface area contributed by atoms with E-state index < -0.39 is 17.1 Å². The Hall–Kier alpha value is -0.216. The lowest BCUT2D eigenvalue weighted by atomic mass is 9.99. The summed E-state index contributed by atoms with van der Waals surface area (Å²) in [6, 6.07) is 0.468. The normalized spacial score (nSPS) is 21.9. The zero-order valence-electron chi connectivity index (χ0n) is 20.3. The Bertz CT molecular complexity index is 487. The molecule has 0 aromatic heterocycles. The third-order valence-electron chi connectivity index (χ3n) is 8.04. The lowest BCUT2D eigenvalue weighted by Gasteiger charge is -2.49. The first kappa shape index (κ1) is 26.0. The van der Waals surface area contributed by atoms with E-state index >= 15 is 0 Å². The van der Waals surface area contributed by atoms with Crippen molar-refractivity contribution in [3.8, 4) is 0 Å². The minimum absolute atomic E-state index is 0.0406. The molecule has 2 unspecified atom stereocenters. The molecule has 2 fully saturated rings. The first-order valence-electron chi connectivity index (χ1n) is 12.3. The van der Waals surface area contributed by atoms with Crippen molar-refractivity contribution in [3.05, 3.63) is 0 Å². The van der Waals surface area contributed by atoms with Crippen LogP contribution >= 0.6 is 0 Å². The number of hydrogen-bond acceptors (Lipinski definition) is 5. The first-order chi connectivity index (χ1) is 14.4. The summed E-state index contributed by atoms with van der Waals surface area (Å²) in [7, 11) is -0.272.